The molecule has 2 nitrogen and oxygen atoms in total. The van der Waals surface area contributed by atoms with Crippen LogP contribution < -0.4 is 10.5 Å². The second-order valence-electron chi connectivity index (χ2n) is 4.88. The molecule has 0 amide bonds. The molecular formula is C15H23NOS. The Morgan fingerprint density at radius 1 is 1.28 bits per heavy atom. The molecule has 1 aliphatic heterocycles. The quantitative estimate of drug-likeness (QED) is 0.858. The number of nitrogens with two attached hydrogens (primary N) is 1. The van der Waals surface area contributed by atoms with E-state index in [9.17, 15) is 0 Å². The predicted octanol–water partition coefficient (Wildman–Crippen LogP) is 3.10. The molecule has 0 bridgehead atoms. The van der Waals surface area contributed by atoms with Gasteiger partial charge >= 0.3 is 0 Å². The van der Waals surface area contributed by atoms with E-state index in [0.29, 0.717) is 13.2 Å². The highest BCUT2D eigenvalue weighted by atomic mass is 32.2. The van der Waals surface area contributed by atoms with E-state index in [1.165, 1.54) is 42.8 Å². The maximum Gasteiger partial charge on any atom is 0.119 e. The van der Waals surface area contributed by atoms with Crippen LogP contribution >= 0.6 is 11.8 Å². The van der Waals surface area contributed by atoms with Crippen LogP contribution in [0.5, 0.6) is 5.75 Å². The number of hydrogen-bond acceptors (Lipinski definition) is 3. The van der Waals surface area contributed by atoms with Crippen LogP contribution in [0.3, 0.4) is 0 Å². The minimum absolute atomic E-state index is 0.573. The van der Waals surface area contributed by atoms with Gasteiger partial charge in [0.1, 0.15) is 12.4 Å². The largest absolute Gasteiger partial charge is 0.492 e. The predicted molar refractivity (Wildman–Crippen MR) is 79.4 cm³/mol. The molecule has 0 aliphatic carbocycles. The minimum Gasteiger partial charge on any atom is -0.492 e. The first-order chi connectivity index (χ1) is 8.88. The van der Waals surface area contributed by atoms with Crippen molar-refractivity contribution in [2.24, 2.45) is 11.7 Å². The molecule has 1 fully saturated rings. The molecule has 1 aromatic carbocycles. The summed E-state index contributed by atoms with van der Waals surface area (Å²) in [5.74, 6) is 4.59. The third kappa shape index (κ3) is 4.54. The Morgan fingerprint density at radius 3 is 2.89 bits per heavy atom. The second kappa shape index (κ2) is 7.70. The van der Waals surface area contributed by atoms with Crippen molar-refractivity contribution in [3.8, 4) is 5.75 Å². The molecule has 2 N–H and O–H groups in total. The molecule has 0 unspecified atom stereocenters. The molecule has 0 saturated carbocycles. The normalized spacial score (nSPS) is 16.7. The lowest BCUT2D eigenvalue weighted by Crippen LogP contribution is -2.11. The molecule has 2 rings (SSSR count). The molecule has 0 atom stereocenters. The van der Waals surface area contributed by atoms with Crippen LogP contribution in [0, 0.1) is 5.92 Å². The van der Waals surface area contributed by atoms with Gasteiger partial charge in [-0.25, -0.2) is 0 Å². The molecule has 1 heterocycles. The van der Waals surface area contributed by atoms with Gasteiger partial charge in [0.05, 0.1) is 0 Å². The lowest BCUT2D eigenvalue weighted by Gasteiger charge is -2.21. The summed E-state index contributed by atoms with van der Waals surface area (Å²) in [5.41, 5.74) is 6.84. The summed E-state index contributed by atoms with van der Waals surface area (Å²) in [5, 5.41) is 0. The van der Waals surface area contributed by atoms with Crippen LogP contribution in [0.4, 0.5) is 0 Å². The smallest absolute Gasteiger partial charge is 0.119 e. The Bertz CT molecular complexity index is 350. The Morgan fingerprint density at radius 2 is 2.11 bits per heavy atom. The number of rotatable bonds is 6. The first-order valence-electron chi connectivity index (χ1n) is 6.88. The van der Waals surface area contributed by atoms with Gasteiger partial charge in [-0.2, -0.15) is 11.8 Å². The fourth-order valence-corrected chi connectivity index (χ4v) is 3.58. The van der Waals surface area contributed by atoms with Crippen LogP contribution in [0.25, 0.3) is 0 Å². The van der Waals surface area contributed by atoms with Crippen molar-refractivity contribution in [1.82, 2.24) is 0 Å². The third-order valence-electron chi connectivity index (χ3n) is 3.47. The first-order valence-corrected chi connectivity index (χ1v) is 8.03. The van der Waals surface area contributed by atoms with Crippen molar-refractivity contribution in [2.75, 3.05) is 24.7 Å². The van der Waals surface area contributed by atoms with Gasteiger partial charge in [-0.05, 0) is 60.8 Å². The van der Waals surface area contributed by atoms with Crippen LogP contribution in [-0.2, 0) is 6.42 Å². The highest BCUT2D eigenvalue weighted by molar-refractivity contribution is 7.99. The zero-order valence-electron chi connectivity index (χ0n) is 10.9. The maximum atomic E-state index is 5.56. The number of ether oxygens (including phenoxy) is 1. The summed E-state index contributed by atoms with van der Waals surface area (Å²) >= 11 is 2.10. The van der Waals surface area contributed by atoms with Crippen molar-refractivity contribution in [3.63, 3.8) is 0 Å². The van der Waals surface area contributed by atoms with Crippen molar-refractivity contribution in [1.29, 1.82) is 0 Å². The highest BCUT2D eigenvalue weighted by Gasteiger charge is 2.13. The van der Waals surface area contributed by atoms with E-state index in [1.807, 2.05) is 6.07 Å². The average Bonchev–Trinajstić information content (AvgIpc) is 2.44. The monoisotopic (exact) mass is 265 g/mol. The SMILES string of the molecule is NCCOc1cccc(CCC2CCSCC2)c1. The fourth-order valence-electron chi connectivity index (χ4n) is 2.37. The lowest BCUT2D eigenvalue weighted by atomic mass is 9.94. The summed E-state index contributed by atoms with van der Waals surface area (Å²) in [4.78, 5) is 0. The molecule has 18 heavy (non-hydrogen) atoms. The van der Waals surface area contributed by atoms with E-state index < -0.39 is 0 Å². The molecular weight excluding hydrogens is 242 g/mol. The topological polar surface area (TPSA) is 35.2 Å². The molecule has 1 saturated heterocycles. The van der Waals surface area contributed by atoms with Crippen molar-refractivity contribution in [3.05, 3.63) is 29.8 Å². The highest BCUT2D eigenvalue weighted by Crippen LogP contribution is 2.27. The number of hydrogen-bond donors (Lipinski definition) is 1. The average molecular weight is 265 g/mol. The second-order valence-corrected chi connectivity index (χ2v) is 6.10. The van der Waals surface area contributed by atoms with E-state index in [4.69, 9.17) is 10.5 Å². The zero-order valence-corrected chi connectivity index (χ0v) is 11.8. The Kier molecular flexibility index (Phi) is 5.88. The zero-order chi connectivity index (χ0) is 12.6. The first kappa shape index (κ1) is 13.8. The van der Waals surface area contributed by atoms with Crippen molar-refractivity contribution >= 4 is 11.8 Å². The fraction of sp³-hybridized carbons (Fsp3) is 0.600. The summed E-state index contributed by atoms with van der Waals surface area (Å²) in [7, 11) is 0. The van der Waals surface area contributed by atoms with E-state index in [1.54, 1.807) is 0 Å². The minimum atomic E-state index is 0.573. The number of thioether (sulfide) groups is 1. The standard InChI is InChI=1S/C15H23NOS/c16-8-9-17-15-3-1-2-14(12-15)5-4-13-6-10-18-11-7-13/h1-3,12-13H,4-11,16H2. The van der Waals surface area contributed by atoms with Crippen LogP contribution in [0.1, 0.15) is 24.8 Å². The molecule has 3 heteroatoms. The van der Waals surface area contributed by atoms with Gasteiger partial charge in [-0.15, -0.1) is 0 Å². The van der Waals surface area contributed by atoms with E-state index in [0.717, 1.165) is 11.7 Å². The summed E-state index contributed by atoms with van der Waals surface area (Å²) < 4.78 is 5.56. The van der Waals surface area contributed by atoms with Gasteiger partial charge in [0, 0.05) is 6.54 Å². The summed E-state index contributed by atoms with van der Waals surface area (Å²) in [6, 6.07) is 8.45. The van der Waals surface area contributed by atoms with Crippen LogP contribution in [0.2, 0.25) is 0 Å². The number of aryl methyl sites for hydroxylation is 1. The summed E-state index contributed by atoms with van der Waals surface area (Å²) in [6.45, 7) is 1.17. The maximum absolute atomic E-state index is 5.56. The van der Waals surface area contributed by atoms with Crippen LogP contribution in [-0.4, -0.2) is 24.7 Å². The van der Waals surface area contributed by atoms with Gasteiger partial charge in [-0.1, -0.05) is 12.1 Å². The molecule has 0 aromatic heterocycles. The van der Waals surface area contributed by atoms with Crippen LogP contribution in [0.15, 0.2) is 24.3 Å². The van der Waals surface area contributed by atoms with E-state index in [2.05, 4.69) is 30.0 Å². The van der Waals surface area contributed by atoms with Gasteiger partial charge < -0.3 is 10.5 Å². The summed E-state index contributed by atoms with van der Waals surface area (Å²) in [6.07, 6.45) is 5.29. The van der Waals surface area contributed by atoms with Crippen molar-refractivity contribution < 1.29 is 4.74 Å². The van der Waals surface area contributed by atoms with Crippen molar-refractivity contribution in [2.45, 2.75) is 25.7 Å². The Labute approximate surface area is 114 Å². The number of benzene rings is 1. The third-order valence-corrected chi connectivity index (χ3v) is 4.52. The van der Waals surface area contributed by atoms with E-state index in [-0.39, 0.29) is 0 Å². The molecule has 0 spiro atoms. The van der Waals surface area contributed by atoms with Gasteiger partial charge in [0.25, 0.3) is 0 Å². The molecule has 100 valence electrons. The molecule has 1 aliphatic rings. The van der Waals surface area contributed by atoms with E-state index >= 15 is 0 Å². The lowest BCUT2D eigenvalue weighted by molar-refractivity contribution is 0.328. The van der Waals surface area contributed by atoms with Gasteiger partial charge in [-0.3, -0.25) is 0 Å². The Hall–Kier alpha value is -0.670. The molecule has 1 aromatic rings. The molecule has 0 radical (unpaired) electrons. The van der Waals surface area contributed by atoms with Gasteiger partial charge in [0.15, 0.2) is 0 Å². The van der Waals surface area contributed by atoms with Gasteiger partial charge in [0.2, 0.25) is 0 Å². The Balaban J connectivity index is 1.80.